The predicted octanol–water partition coefficient (Wildman–Crippen LogP) is 5.33. The van der Waals surface area contributed by atoms with E-state index < -0.39 is 0 Å². The highest BCUT2D eigenvalue weighted by molar-refractivity contribution is 5.93. The number of ether oxygens (including phenoxy) is 1. The molecule has 164 valence electrons. The maximum atomic E-state index is 12.0. The summed E-state index contributed by atoms with van der Waals surface area (Å²) in [5.74, 6) is 1.83. The normalized spacial score (nSPS) is 10.5. The summed E-state index contributed by atoms with van der Waals surface area (Å²) in [6.07, 6.45) is 1.54. The summed E-state index contributed by atoms with van der Waals surface area (Å²) >= 11 is 0. The van der Waals surface area contributed by atoms with E-state index in [4.69, 9.17) is 4.74 Å². The maximum absolute atomic E-state index is 12.0. The number of aromatic nitrogens is 2. The SMILES string of the molecule is CNc1c(C=O)c(-c2ccc(Oc3ccccc3)cc2)nn1-c1ccc(N=O)cc1CC=O. The molecular weight excluding hydrogens is 420 g/mol. The number of carbonyl (C=O) groups excluding carboxylic acids is 2. The van der Waals surface area contributed by atoms with Crippen molar-refractivity contribution in [3.63, 3.8) is 0 Å². The number of benzene rings is 3. The highest BCUT2D eigenvalue weighted by Gasteiger charge is 2.21. The molecule has 0 bridgehead atoms. The molecular formula is C25H20N4O4. The number of rotatable bonds is 9. The topological polar surface area (TPSA) is 103 Å². The van der Waals surface area contributed by atoms with Crippen LogP contribution in [0, 0.1) is 4.91 Å². The van der Waals surface area contributed by atoms with Gasteiger partial charge in [-0.05, 0) is 65.3 Å². The van der Waals surface area contributed by atoms with Crippen molar-refractivity contribution in [1.82, 2.24) is 9.78 Å². The lowest BCUT2D eigenvalue weighted by atomic mass is 10.1. The van der Waals surface area contributed by atoms with Crippen LogP contribution in [0.25, 0.3) is 16.9 Å². The van der Waals surface area contributed by atoms with Gasteiger partial charge in [0.25, 0.3) is 0 Å². The summed E-state index contributed by atoms with van der Waals surface area (Å²) in [6, 6.07) is 21.4. The van der Waals surface area contributed by atoms with Crippen molar-refractivity contribution < 1.29 is 14.3 Å². The lowest BCUT2D eigenvalue weighted by Crippen LogP contribution is -2.06. The molecule has 0 aliphatic carbocycles. The Balaban J connectivity index is 1.76. The fourth-order valence-corrected chi connectivity index (χ4v) is 3.56. The van der Waals surface area contributed by atoms with Crippen LogP contribution in [-0.2, 0) is 11.2 Å². The van der Waals surface area contributed by atoms with Crippen LogP contribution in [0.1, 0.15) is 15.9 Å². The first kappa shape index (κ1) is 21.6. The molecule has 1 heterocycles. The van der Waals surface area contributed by atoms with Gasteiger partial charge in [-0.15, -0.1) is 4.91 Å². The Hall–Kier alpha value is -4.59. The third-order valence-corrected chi connectivity index (χ3v) is 5.08. The second-order valence-corrected chi connectivity index (χ2v) is 7.11. The quantitative estimate of drug-likeness (QED) is 0.279. The number of hydrogen-bond donors (Lipinski definition) is 1. The van der Waals surface area contributed by atoms with E-state index in [0.29, 0.717) is 34.1 Å². The van der Waals surface area contributed by atoms with Gasteiger partial charge in [-0.2, -0.15) is 5.10 Å². The first-order valence-electron chi connectivity index (χ1n) is 10.2. The fraction of sp³-hybridized carbons (Fsp3) is 0.0800. The summed E-state index contributed by atoms with van der Waals surface area (Å²) in [7, 11) is 1.68. The van der Waals surface area contributed by atoms with Gasteiger partial charge in [-0.1, -0.05) is 18.2 Å². The third-order valence-electron chi connectivity index (χ3n) is 5.08. The van der Waals surface area contributed by atoms with Gasteiger partial charge in [-0.25, -0.2) is 4.68 Å². The highest BCUT2D eigenvalue weighted by atomic mass is 16.5. The maximum Gasteiger partial charge on any atom is 0.156 e. The largest absolute Gasteiger partial charge is 0.457 e. The minimum absolute atomic E-state index is 0.0684. The number of aldehydes is 2. The molecule has 0 radical (unpaired) electrons. The molecule has 0 aliphatic heterocycles. The standard InChI is InChI=1S/C25H20N4O4/c1-26-25-22(16-31)24(17-7-10-21(11-8-17)33-20-5-3-2-4-6-20)27-29(25)23-12-9-19(28-32)15-18(23)13-14-30/h2-12,14-16,26H,13H2,1H3. The Morgan fingerprint density at radius 2 is 1.73 bits per heavy atom. The van der Waals surface area contributed by atoms with Crippen molar-refractivity contribution in [1.29, 1.82) is 0 Å². The molecule has 33 heavy (non-hydrogen) atoms. The van der Waals surface area contributed by atoms with E-state index in [-0.39, 0.29) is 12.1 Å². The fourth-order valence-electron chi connectivity index (χ4n) is 3.56. The molecule has 1 aromatic heterocycles. The van der Waals surface area contributed by atoms with Crippen LogP contribution >= 0.6 is 0 Å². The average Bonchev–Trinajstić information content (AvgIpc) is 3.23. The van der Waals surface area contributed by atoms with Crippen molar-refractivity contribution in [2.24, 2.45) is 5.18 Å². The Kier molecular flexibility index (Phi) is 6.36. The Labute approximate surface area is 189 Å². The molecule has 8 heteroatoms. The van der Waals surface area contributed by atoms with Gasteiger partial charge in [-0.3, -0.25) is 4.79 Å². The van der Waals surface area contributed by atoms with E-state index in [9.17, 15) is 14.5 Å². The van der Waals surface area contributed by atoms with Crippen LogP contribution in [0.5, 0.6) is 11.5 Å². The lowest BCUT2D eigenvalue weighted by Gasteiger charge is -2.11. The Morgan fingerprint density at radius 3 is 2.36 bits per heavy atom. The third kappa shape index (κ3) is 4.40. The second-order valence-electron chi connectivity index (χ2n) is 7.11. The van der Waals surface area contributed by atoms with E-state index in [0.717, 1.165) is 23.9 Å². The van der Waals surface area contributed by atoms with Gasteiger partial charge >= 0.3 is 0 Å². The zero-order valence-electron chi connectivity index (χ0n) is 17.8. The average molecular weight is 440 g/mol. The van der Waals surface area contributed by atoms with Crippen molar-refractivity contribution >= 4 is 24.1 Å². The van der Waals surface area contributed by atoms with Crippen LogP contribution in [0.15, 0.2) is 78.0 Å². The summed E-state index contributed by atoms with van der Waals surface area (Å²) in [5, 5.41) is 10.6. The van der Waals surface area contributed by atoms with Gasteiger partial charge in [0.2, 0.25) is 0 Å². The minimum Gasteiger partial charge on any atom is -0.457 e. The lowest BCUT2D eigenvalue weighted by molar-refractivity contribution is -0.107. The molecule has 8 nitrogen and oxygen atoms in total. The van der Waals surface area contributed by atoms with E-state index in [1.54, 1.807) is 29.9 Å². The first-order valence-corrected chi connectivity index (χ1v) is 10.2. The van der Waals surface area contributed by atoms with Crippen LogP contribution in [0.3, 0.4) is 0 Å². The van der Waals surface area contributed by atoms with Gasteiger partial charge in [0.15, 0.2) is 6.29 Å². The molecule has 0 unspecified atom stereocenters. The summed E-state index contributed by atoms with van der Waals surface area (Å²) in [5.41, 5.74) is 2.89. The van der Waals surface area contributed by atoms with E-state index >= 15 is 0 Å². The first-order chi connectivity index (χ1) is 16.2. The molecule has 1 N–H and O–H groups in total. The second kappa shape index (κ2) is 9.69. The number of hydrogen-bond acceptors (Lipinski definition) is 7. The van der Waals surface area contributed by atoms with Gasteiger partial charge in [0.1, 0.15) is 35.0 Å². The molecule has 0 fully saturated rings. The molecule has 4 aromatic rings. The minimum atomic E-state index is 0.0684. The Bertz CT molecular complexity index is 1300. The number of para-hydroxylation sites is 1. The van der Waals surface area contributed by atoms with Crippen LogP contribution < -0.4 is 10.1 Å². The van der Waals surface area contributed by atoms with Gasteiger partial charge in [0.05, 0.1) is 11.3 Å². The number of nitrogens with one attached hydrogen (secondary N) is 1. The van der Waals surface area contributed by atoms with Crippen molar-refractivity contribution in [2.75, 3.05) is 12.4 Å². The van der Waals surface area contributed by atoms with Crippen molar-refractivity contribution in [3.8, 4) is 28.4 Å². The number of nitrogens with zero attached hydrogens (tertiary/aromatic N) is 3. The van der Waals surface area contributed by atoms with Crippen molar-refractivity contribution in [2.45, 2.75) is 6.42 Å². The smallest absolute Gasteiger partial charge is 0.156 e. The van der Waals surface area contributed by atoms with Crippen molar-refractivity contribution in [3.05, 3.63) is 88.8 Å². The molecule has 0 saturated carbocycles. The molecule has 0 aliphatic rings. The number of anilines is 1. The van der Waals surface area contributed by atoms with E-state index in [1.807, 2.05) is 42.5 Å². The number of carbonyl (C=O) groups is 2. The molecule has 0 saturated heterocycles. The molecule has 0 spiro atoms. The van der Waals surface area contributed by atoms with Crippen LogP contribution in [-0.4, -0.2) is 29.4 Å². The van der Waals surface area contributed by atoms with E-state index in [2.05, 4.69) is 15.6 Å². The Morgan fingerprint density at radius 1 is 1.00 bits per heavy atom. The molecule has 0 atom stereocenters. The number of nitroso groups, excluding NO2 is 1. The monoisotopic (exact) mass is 440 g/mol. The van der Waals surface area contributed by atoms with Gasteiger partial charge < -0.3 is 14.8 Å². The predicted molar refractivity (Wildman–Crippen MR) is 126 cm³/mol. The zero-order valence-corrected chi connectivity index (χ0v) is 17.8. The summed E-state index contributed by atoms with van der Waals surface area (Å²) in [4.78, 5) is 34.2. The van der Waals surface area contributed by atoms with Crippen LogP contribution in [0.2, 0.25) is 0 Å². The van der Waals surface area contributed by atoms with E-state index in [1.165, 1.54) is 12.1 Å². The molecule has 0 amide bonds. The van der Waals surface area contributed by atoms with Gasteiger partial charge in [0, 0.05) is 19.0 Å². The highest BCUT2D eigenvalue weighted by Crippen LogP contribution is 2.33. The molecule has 4 rings (SSSR count). The summed E-state index contributed by atoms with van der Waals surface area (Å²) in [6.45, 7) is 0. The zero-order chi connectivity index (χ0) is 23.2. The summed E-state index contributed by atoms with van der Waals surface area (Å²) < 4.78 is 7.39. The molecule has 3 aromatic carbocycles. The van der Waals surface area contributed by atoms with Crippen LogP contribution in [0.4, 0.5) is 11.5 Å².